The molecule has 1 amide bonds. The summed E-state index contributed by atoms with van der Waals surface area (Å²) in [6.07, 6.45) is 2.95. The van der Waals surface area contributed by atoms with E-state index in [9.17, 15) is 14.0 Å². The van der Waals surface area contributed by atoms with E-state index in [1.54, 1.807) is 32.4 Å². The predicted molar refractivity (Wildman–Crippen MR) is 103 cm³/mol. The number of methoxy groups -OCH3 is 2. The molecular formula is C21H22FNO5. The Morgan fingerprint density at radius 2 is 1.82 bits per heavy atom. The fraction of sp³-hybridized carbons (Fsp3) is 0.238. The maximum atomic E-state index is 13.4. The number of rotatable bonds is 9. The van der Waals surface area contributed by atoms with Crippen molar-refractivity contribution in [3.05, 3.63) is 65.5 Å². The molecule has 0 fully saturated rings. The highest BCUT2D eigenvalue weighted by Crippen LogP contribution is 2.27. The van der Waals surface area contributed by atoms with Crippen molar-refractivity contribution < 1.29 is 28.2 Å². The van der Waals surface area contributed by atoms with Gasteiger partial charge < -0.3 is 19.5 Å². The molecule has 0 aliphatic carbocycles. The Hall–Kier alpha value is -3.35. The molecule has 0 atom stereocenters. The van der Waals surface area contributed by atoms with Crippen LogP contribution in [0.4, 0.5) is 4.39 Å². The normalized spacial score (nSPS) is 10.5. The number of ether oxygens (including phenoxy) is 3. The smallest absolute Gasteiger partial charge is 0.331 e. The second kappa shape index (κ2) is 10.7. The van der Waals surface area contributed by atoms with Crippen LogP contribution in [0.2, 0.25) is 0 Å². The van der Waals surface area contributed by atoms with Gasteiger partial charge in [-0.05, 0) is 36.3 Å². The van der Waals surface area contributed by atoms with E-state index in [-0.39, 0.29) is 5.56 Å². The van der Waals surface area contributed by atoms with Crippen LogP contribution in [-0.4, -0.2) is 39.2 Å². The third kappa shape index (κ3) is 6.42. The van der Waals surface area contributed by atoms with Gasteiger partial charge in [0.25, 0.3) is 5.91 Å². The van der Waals surface area contributed by atoms with E-state index < -0.39 is 24.3 Å². The molecule has 0 aliphatic heterocycles. The number of hydrogen-bond acceptors (Lipinski definition) is 5. The summed E-state index contributed by atoms with van der Waals surface area (Å²) in [5.41, 5.74) is 1.22. The van der Waals surface area contributed by atoms with Gasteiger partial charge in [-0.2, -0.15) is 0 Å². The number of amides is 1. The van der Waals surface area contributed by atoms with E-state index in [4.69, 9.17) is 14.2 Å². The van der Waals surface area contributed by atoms with Crippen molar-refractivity contribution in [1.82, 2.24) is 5.32 Å². The van der Waals surface area contributed by atoms with Crippen molar-refractivity contribution in [2.45, 2.75) is 6.42 Å². The molecule has 0 bridgehead atoms. The summed E-state index contributed by atoms with van der Waals surface area (Å²) in [7, 11) is 3.11. The van der Waals surface area contributed by atoms with E-state index in [0.29, 0.717) is 24.5 Å². The SMILES string of the molecule is COc1ccc(CCNC(=O)COC(=O)/C=C/c2ccccc2F)cc1OC. The lowest BCUT2D eigenvalue weighted by Crippen LogP contribution is -2.30. The number of carbonyl (C=O) groups is 2. The molecule has 2 rings (SSSR count). The van der Waals surface area contributed by atoms with Crippen molar-refractivity contribution in [3.63, 3.8) is 0 Å². The van der Waals surface area contributed by atoms with Crippen molar-refractivity contribution >= 4 is 18.0 Å². The minimum absolute atomic E-state index is 0.263. The van der Waals surface area contributed by atoms with Crippen LogP contribution < -0.4 is 14.8 Å². The fourth-order valence-electron chi connectivity index (χ4n) is 2.39. The molecular weight excluding hydrogens is 365 g/mol. The first kappa shape index (κ1) is 21.0. The van der Waals surface area contributed by atoms with Gasteiger partial charge in [0.1, 0.15) is 5.82 Å². The van der Waals surface area contributed by atoms with Crippen molar-refractivity contribution in [1.29, 1.82) is 0 Å². The second-order valence-corrected chi connectivity index (χ2v) is 5.75. The first-order chi connectivity index (χ1) is 13.5. The first-order valence-corrected chi connectivity index (χ1v) is 8.60. The highest BCUT2D eigenvalue weighted by Gasteiger charge is 2.07. The Bertz CT molecular complexity index is 850. The van der Waals surface area contributed by atoms with Gasteiger partial charge in [-0.1, -0.05) is 24.3 Å². The van der Waals surface area contributed by atoms with Crippen molar-refractivity contribution in [2.75, 3.05) is 27.4 Å². The third-order valence-corrected chi connectivity index (χ3v) is 3.83. The molecule has 0 aliphatic rings. The van der Waals surface area contributed by atoms with Crippen LogP contribution >= 0.6 is 0 Å². The van der Waals surface area contributed by atoms with Gasteiger partial charge in [0.05, 0.1) is 14.2 Å². The van der Waals surface area contributed by atoms with Crippen LogP contribution in [-0.2, 0) is 20.7 Å². The lowest BCUT2D eigenvalue weighted by atomic mass is 10.1. The summed E-state index contributed by atoms with van der Waals surface area (Å²) >= 11 is 0. The zero-order valence-corrected chi connectivity index (χ0v) is 15.7. The van der Waals surface area contributed by atoms with E-state index in [0.717, 1.165) is 11.6 Å². The molecule has 7 heteroatoms. The summed E-state index contributed by atoms with van der Waals surface area (Å²) in [4.78, 5) is 23.4. The maximum absolute atomic E-state index is 13.4. The van der Waals surface area contributed by atoms with Crippen LogP contribution in [0.15, 0.2) is 48.5 Å². The average Bonchev–Trinajstić information content (AvgIpc) is 2.71. The van der Waals surface area contributed by atoms with E-state index in [1.807, 2.05) is 12.1 Å². The second-order valence-electron chi connectivity index (χ2n) is 5.75. The zero-order chi connectivity index (χ0) is 20.4. The summed E-state index contributed by atoms with van der Waals surface area (Å²) in [5.74, 6) is -0.349. The van der Waals surface area contributed by atoms with Crippen LogP contribution in [0.25, 0.3) is 6.08 Å². The molecule has 0 unspecified atom stereocenters. The number of esters is 1. The summed E-state index contributed by atoms with van der Waals surface area (Å²) in [6.45, 7) is -0.0384. The standard InChI is InChI=1S/C21H22FNO5/c1-26-18-9-7-15(13-19(18)27-2)11-12-23-20(24)14-28-21(25)10-8-16-5-3-4-6-17(16)22/h3-10,13H,11-12,14H2,1-2H3,(H,23,24)/b10-8+. The molecule has 6 nitrogen and oxygen atoms in total. The van der Waals surface area contributed by atoms with Gasteiger partial charge >= 0.3 is 5.97 Å². The van der Waals surface area contributed by atoms with Gasteiger partial charge in [-0.25, -0.2) is 9.18 Å². The largest absolute Gasteiger partial charge is 0.493 e. The monoisotopic (exact) mass is 387 g/mol. The van der Waals surface area contributed by atoms with Crippen molar-refractivity contribution in [2.24, 2.45) is 0 Å². The van der Waals surface area contributed by atoms with E-state index >= 15 is 0 Å². The fourth-order valence-corrected chi connectivity index (χ4v) is 2.39. The van der Waals surface area contributed by atoms with Crippen molar-refractivity contribution in [3.8, 4) is 11.5 Å². The van der Waals surface area contributed by atoms with Crippen LogP contribution in [0, 0.1) is 5.82 Å². The van der Waals surface area contributed by atoms with Crippen LogP contribution in [0.3, 0.4) is 0 Å². The Labute approximate surface area is 162 Å². The first-order valence-electron chi connectivity index (χ1n) is 8.60. The molecule has 0 spiro atoms. The lowest BCUT2D eigenvalue weighted by molar-refractivity contribution is -0.143. The molecule has 0 saturated carbocycles. The topological polar surface area (TPSA) is 73.9 Å². The van der Waals surface area contributed by atoms with Gasteiger partial charge in [-0.3, -0.25) is 4.79 Å². The Morgan fingerprint density at radius 3 is 2.54 bits per heavy atom. The minimum Gasteiger partial charge on any atom is -0.493 e. The van der Waals surface area contributed by atoms with Gasteiger partial charge in [0, 0.05) is 18.2 Å². The number of nitrogens with one attached hydrogen (secondary N) is 1. The number of benzene rings is 2. The van der Waals surface area contributed by atoms with Gasteiger partial charge in [-0.15, -0.1) is 0 Å². The average molecular weight is 387 g/mol. The lowest BCUT2D eigenvalue weighted by Gasteiger charge is -2.10. The highest BCUT2D eigenvalue weighted by molar-refractivity contribution is 5.89. The van der Waals surface area contributed by atoms with Crippen LogP contribution in [0.1, 0.15) is 11.1 Å². The van der Waals surface area contributed by atoms with E-state index in [2.05, 4.69) is 5.32 Å². The molecule has 1 N–H and O–H groups in total. The Balaban J connectivity index is 1.72. The molecule has 148 valence electrons. The molecule has 0 saturated heterocycles. The summed E-state index contributed by atoms with van der Waals surface area (Å²) < 4.78 is 28.7. The van der Waals surface area contributed by atoms with E-state index in [1.165, 1.54) is 18.2 Å². The van der Waals surface area contributed by atoms with Gasteiger partial charge in [0.15, 0.2) is 18.1 Å². The molecule has 28 heavy (non-hydrogen) atoms. The number of hydrogen-bond donors (Lipinski definition) is 1. The summed E-state index contributed by atoms with van der Waals surface area (Å²) in [5, 5.41) is 2.66. The summed E-state index contributed by atoms with van der Waals surface area (Å²) in [6, 6.07) is 11.5. The minimum atomic E-state index is -0.724. The zero-order valence-electron chi connectivity index (χ0n) is 15.7. The number of halogens is 1. The molecule has 0 radical (unpaired) electrons. The number of carbonyl (C=O) groups excluding carboxylic acids is 2. The molecule has 2 aromatic carbocycles. The molecule has 0 aromatic heterocycles. The molecule has 2 aromatic rings. The predicted octanol–water partition coefficient (Wildman–Crippen LogP) is 2.76. The maximum Gasteiger partial charge on any atom is 0.331 e. The Morgan fingerprint density at radius 1 is 1.07 bits per heavy atom. The Kier molecular flexibility index (Phi) is 8.02. The quantitative estimate of drug-likeness (QED) is 0.529. The highest BCUT2D eigenvalue weighted by atomic mass is 19.1. The molecule has 0 heterocycles. The van der Waals surface area contributed by atoms with Gasteiger partial charge in [0.2, 0.25) is 0 Å². The van der Waals surface area contributed by atoms with Crippen LogP contribution in [0.5, 0.6) is 11.5 Å². The third-order valence-electron chi connectivity index (χ3n) is 3.83.